The molecular formula is C9H6ClN7O2S. The summed E-state index contributed by atoms with van der Waals surface area (Å²) < 4.78 is 1.33. The van der Waals surface area contributed by atoms with E-state index in [1.165, 1.54) is 10.9 Å². The summed E-state index contributed by atoms with van der Waals surface area (Å²) >= 11 is 6.88. The van der Waals surface area contributed by atoms with Crippen molar-refractivity contribution in [3.63, 3.8) is 0 Å². The summed E-state index contributed by atoms with van der Waals surface area (Å²) in [7, 11) is 1.56. The van der Waals surface area contributed by atoms with Crippen LogP contribution in [0.25, 0.3) is 11.0 Å². The molecule has 0 fully saturated rings. The van der Waals surface area contributed by atoms with Crippen molar-refractivity contribution in [3.8, 4) is 0 Å². The Kier molecular flexibility index (Phi) is 3.03. The zero-order valence-corrected chi connectivity index (χ0v) is 11.5. The molecule has 0 unspecified atom stereocenters. The van der Waals surface area contributed by atoms with Gasteiger partial charge in [0.2, 0.25) is 5.28 Å². The molecule has 102 valence electrons. The van der Waals surface area contributed by atoms with Crippen LogP contribution in [0.1, 0.15) is 0 Å². The average Bonchev–Trinajstić information content (AvgIpc) is 2.84. The fraction of sp³-hybridized carbons (Fsp3) is 0.111. The molecule has 3 rings (SSSR count). The molecule has 3 heterocycles. The molecular weight excluding hydrogens is 306 g/mol. The first kappa shape index (κ1) is 12.8. The lowest BCUT2D eigenvalue weighted by Gasteiger charge is -2.05. The Morgan fingerprint density at radius 3 is 2.90 bits per heavy atom. The summed E-state index contributed by atoms with van der Waals surface area (Å²) in [5.74, 6) is 0. The van der Waals surface area contributed by atoms with E-state index in [1.807, 2.05) is 0 Å². The van der Waals surface area contributed by atoms with Crippen molar-refractivity contribution in [2.24, 2.45) is 7.05 Å². The Morgan fingerprint density at radius 1 is 1.30 bits per heavy atom. The van der Waals surface area contributed by atoms with Crippen molar-refractivity contribution >= 4 is 34.4 Å². The zero-order chi connectivity index (χ0) is 14.3. The van der Waals surface area contributed by atoms with Gasteiger partial charge in [-0.3, -0.25) is 24.5 Å². The molecule has 0 aliphatic carbocycles. The van der Waals surface area contributed by atoms with E-state index in [0.29, 0.717) is 16.1 Å². The quantitative estimate of drug-likeness (QED) is 0.386. The van der Waals surface area contributed by atoms with Crippen molar-refractivity contribution in [1.82, 2.24) is 34.9 Å². The minimum absolute atomic E-state index is 0.0404. The molecule has 0 saturated carbocycles. The third-order valence-corrected chi connectivity index (χ3v) is 3.60. The van der Waals surface area contributed by atoms with Crippen LogP contribution in [0.5, 0.6) is 0 Å². The first-order valence-electron chi connectivity index (χ1n) is 5.26. The van der Waals surface area contributed by atoms with Crippen LogP contribution in [0.3, 0.4) is 0 Å². The highest BCUT2D eigenvalue weighted by Crippen LogP contribution is 2.29. The summed E-state index contributed by atoms with van der Waals surface area (Å²) in [4.78, 5) is 34.2. The monoisotopic (exact) mass is 311 g/mol. The molecule has 0 aliphatic rings. The molecule has 3 aromatic heterocycles. The maximum atomic E-state index is 11.3. The maximum Gasteiger partial charge on any atom is 0.339 e. The van der Waals surface area contributed by atoms with Gasteiger partial charge in [0, 0.05) is 7.05 Å². The van der Waals surface area contributed by atoms with Crippen molar-refractivity contribution < 1.29 is 0 Å². The van der Waals surface area contributed by atoms with Crippen LogP contribution in [0, 0.1) is 0 Å². The van der Waals surface area contributed by atoms with Crippen LogP contribution < -0.4 is 11.1 Å². The standard InChI is InChI=1S/C9H6ClN7O2S/c1-17-9(13-5(18)6(19)16-17)20-7-3-2-11-15-4(3)12-8(10)14-7/h2H,1H3,(H,16,19)(H,11,12,14,15). The van der Waals surface area contributed by atoms with Crippen LogP contribution in [-0.4, -0.2) is 34.9 Å². The van der Waals surface area contributed by atoms with E-state index in [2.05, 4.69) is 30.2 Å². The fourth-order valence-corrected chi connectivity index (χ4v) is 2.59. The van der Waals surface area contributed by atoms with Crippen LogP contribution in [0.15, 0.2) is 26.0 Å². The summed E-state index contributed by atoms with van der Waals surface area (Å²) in [6, 6.07) is 0. The molecule has 11 heteroatoms. The van der Waals surface area contributed by atoms with Gasteiger partial charge in [0.05, 0.1) is 11.6 Å². The molecule has 9 nitrogen and oxygen atoms in total. The van der Waals surface area contributed by atoms with Gasteiger partial charge in [-0.1, -0.05) is 0 Å². The molecule has 0 radical (unpaired) electrons. The van der Waals surface area contributed by atoms with E-state index in [0.717, 1.165) is 11.8 Å². The second kappa shape index (κ2) is 4.72. The van der Waals surface area contributed by atoms with Gasteiger partial charge in [0.25, 0.3) is 0 Å². The molecule has 0 aliphatic heterocycles. The number of aromatic nitrogens is 7. The third-order valence-electron chi connectivity index (χ3n) is 2.38. The van der Waals surface area contributed by atoms with Crippen LogP contribution in [0.2, 0.25) is 5.28 Å². The van der Waals surface area contributed by atoms with E-state index in [4.69, 9.17) is 11.6 Å². The molecule has 0 aromatic carbocycles. The third kappa shape index (κ3) is 2.18. The highest BCUT2D eigenvalue weighted by atomic mass is 35.5. The topological polar surface area (TPSA) is 122 Å². The van der Waals surface area contributed by atoms with Gasteiger partial charge < -0.3 is 0 Å². The number of aryl methyl sites for hydroxylation is 1. The predicted octanol–water partition coefficient (Wildman–Crippen LogP) is -0.0605. The van der Waals surface area contributed by atoms with E-state index in [9.17, 15) is 9.59 Å². The predicted molar refractivity (Wildman–Crippen MR) is 70.9 cm³/mol. The first-order valence-corrected chi connectivity index (χ1v) is 6.46. The van der Waals surface area contributed by atoms with E-state index in [-0.39, 0.29) is 10.4 Å². The fourth-order valence-electron chi connectivity index (χ4n) is 1.50. The van der Waals surface area contributed by atoms with E-state index < -0.39 is 11.1 Å². The lowest BCUT2D eigenvalue weighted by molar-refractivity contribution is 0.596. The molecule has 0 spiro atoms. The van der Waals surface area contributed by atoms with Gasteiger partial charge in [-0.2, -0.15) is 15.1 Å². The number of nitrogens with zero attached hydrogens (tertiary/aromatic N) is 5. The second-order valence-corrected chi connectivity index (χ2v) is 5.03. The minimum atomic E-state index is -0.866. The Bertz CT molecular complexity index is 915. The van der Waals surface area contributed by atoms with Crippen LogP contribution in [-0.2, 0) is 7.05 Å². The molecule has 0 saturated heterocycles. The van der Waals surface area contributed by atoms with Gasteiger partial charge in [-0.05, 0) is 23.4 Å². The van der Waals surface area contributed by atoms with E-state index >= 15 is 0 Å². The van der Waals surface area contributed by atoms with Crippen LogP contribution >= 0.6 is 23.4 Å². The number of hydrogen-bond donors (Lipinski definition) is 2. The van der Waals surface area contributed by atoms with Gasteiger partial charge in [0.1, 0.15) is 5.03 Å². The summed E-state index contributed by atoms with van der Waals surface area (Å²) in [5, 5.41) is 10.3. The molecule has 0 amide bonds. The largest absolute Gasteiger partial charge is 0.339 e. The normalized spacial score (nSPS) is 11.1. The van der Waals surface area contributed by atoms with Gasteiger partial charge in [0.15, 0.2) is 10.8 Å². The number of halogens is 1. The Hall–Kier alpha value is -2.20. The molecule has 3 aromatic rings. The van der Waals surface area contributed by atoms with Crippen molar-refractivity contribution in [1.29, 1.82) is 0 Å². The number of H-pyrrole nitrogens is 2. The Balaban J connectivity index is 2.14. The van der Waals surface area contributed by atoms with Gasteiger partial charge in [-0.25, -0.2) is 4.98 Å². The Labute approximate surface area is 119 Å². The maximum absolute atomic E-state index is 11.3. The SMILES string of the molecule is Cn1[nH]c(=O)c(=O)nc1Sc1nc(Cl)nc2[nH]ncc12. The van der Waals surface area contributed by atoms with Crippen molar-refractivity contribution in [2.75, 3.05) is 0 Å². The summed E-state index contributed by atoms with van der Waals surface area (Å²) in [6.07, 6.45) is 1.54. The smallest absolute Gasteiger partial charge is 0.265 e. The molecule has 2 N–H and O–H groups in total. The van der Waals surface area contributed by atoms with Crippen LogP contribution in [0.4, 0.5) is 0 Å². The van der Waals surface area contributed by atoms with E-state index in [1.54, 1.807) is 7.05 Å². The first-order chi connectivity index (χ1) is 9.54. The number of aromatic amines is 2. The molecule has 0 atom stereocenters. The highest BCUT2D eigenvalue weighted by Gasteiger charge is 2.13. The highest BCUT2D eigenvalue weighted by molar-refractivity contribution is 7.99. The molecule has 0 bridgehead atoms. The number of nitrogens with one attached hydrogen (secondary N) is 2. The zero-order valence-electron chi connectivity index (χ0n) is 9.92. The number of rotatable bonds is 2. The van der Waals surface area contributed by atoms with Gasteiger partial charge >= 0.3 is 11.1 Å². The molecule has 20 heavy (non-hydrogen) atoms. The van der Waals surface area contributed by atoms with Crippen molar-refractivity contribution in [2.45, 2.75) is 10.2 Å². The second-order valence-electron chi connectivity index (χ2n) is 3.73. The van der Waals surface area contributed by atoms with Gasteiger partial charge in [-0.15, -0.1) is 0 Å². The lowest BCUT2D eigenvalue weighted by Crippen LogP contribution is -2.33. The summed E-state index contributed by atoms with van der Waals surface area (Å²) in [6.45, 7) is 0. The number of hydrogen-bond acceptors (Lipinski definition) is 7. The summed E-state index contributed by atoms with van der Waals surface area (Å²) in [5.41, 5.74) is -1.18. The van der Waals surface area contributed by atoms with Crippen molar-refractivity contribution in [3.05, 3.63) is 32.2 Å². The average molecular weight is 312 g/mol. The minimum Gasteiger partial charge on any atom is -0.265 e. The Morgan fingerprint density at radius 2 is 2.10 bits per heavy atom. The lowest BCUT2D eigenvalue weighted by atomic mass is 10.4. The number of fused-ring (bicyclic) bond motifs is 1.